The van der Waals surface area contributed by atoms with Crippen molar-refractivity contribution in [1.29, 1.82) is 0 Å². The molecule has 1 saturated heterocycles. The van der Waals surface area contributed by atoms with Crippen molar-refractivity contribution >= 4 is 34.9 Å². The van der Waals surface area contributed by atoms with E-state index >= 15 is 0 Å². The first-order valence-corrected chi connectivity index (χ1v) is 11.0. The molecule has 0 saturated carbocycles. The number of ether oxygens (including phenoxy) is 1. The zero-order valence-corrected chi connectivity index (χ0v) is 18.3. The average Bonchev–Trinajstić information content (AvgIpc) is 3.18. The van der Waals surface area contributed by atoms with Crippen molar-refractivity contribution in [1.82, 2.24) is 10.7 Å². The highest BCUT2D eigenvalue weighted by molar-refractivity contribution is 6.44. The van der Waals surface area contributed by atoms with Gasteiger partial charge in [0.1, 0.15) is 13.2 Å². The van der Waals surface area contributed by atoms with Crippen LogP contribution in [0.25, 0.3) is 0 Å². The van der Waals surface area contributed by atoms with E-state index < -0.39 is 0 Å². The van der Waals surface area contributed by atoms with Crippen molar-refractivity contribution < 1.29 is 19.1 Å². The minimum absolute atomic E-state index is 0.0520. The molecule has 2 aromatic carbocycles. The van der Waals surface area contributed by atoms with Crippen LogP contribution in [0.3, 0.4) is 0 Å². The van der Waals surface area contributed by atoms with Crippen molar-refractivity contribution in [2.75, 3.05) is 36.2 Å². The van der Waals surface area contributed by atoms with Gasteiger partial charge in [-0.25, -0.2) is 5.01 Å². The van der Waals surface area contributed by atoms with Crippen LogP contribution >= 0.6 is 0 Å². The third kappa shape index (κ3) is 4.19. The smallest absolute Gasteiger partial charge is 0.295 e. The number of aliphatic imine (C=N–C) groups is 1. The van der Waals surface area contributed by atoms with E-state index in [4.69, 9.17) is 4.74 Å². The van der Waals surface area contributed by atoms with Crippen molar-refractivity contribution in [2.45, 2.75) is 25.3 Å². The number of carbonyl (C=O) groups is 3. The molecule has 1 fully saturated rings. The molecule has 0 radical (unpaired) electrons. The molecule has 2 aromatic rings. The molecule has 9 heteroatoms. The van der Waals surface area contributed by atoms with E-state index in [-0.39, 0.29) is 48.7 Å². The van der Waals surface area contributed by atoms with Gasteiger partial charge in [-0.05, 0) is 37.1 Å². The number of amidine groups is 1. The Hall–Kier alpha value is -3.72. The fourth-order valence-corrected chi connectivity index (χ4v) is 4.53. The largest absolute Gasteiger partial charge is 0.370 e. The molecule has 0 spiro atoms. The Morgan fingerprint density at radius 3 is 2.73 bits per heavy atom. The van der Waals surface area contributed by atoms with Crippen molar-refractivity contribution in [3.8, 4) is 0 Å². The monoisotopic (exact) mass is 447 g/mol. The Morgan fingerprint density at radius 1 is 1.15 bits per heavy atom. The summed E-state index contributed by atoms with van der Waals surface area (Å²) in [6.45, 7) is 2.87. The fraction of sp³-hybridized carbons (Fsp3) is 0.333. The van der Waals surface area contributed by atoms with E-state index in [1.54, 1.807) is 4.90 Å². The quantitative estimate of drug-likeness (QED) is 0.735. The van der Waals surface area contributed by atoms with Crippen LogP contribution in [0, 0.1) is 6.92 Å². The molecule has 170 valence electrons. The van der Waals surface area contributed by atoms with Gasteiger partial charge < -0.3 is 15.0 Å². The zero-order valence-electron chi connectivity index (χ0n) is 18.3. The molecule has 2 unspecified atom stereocenters. The van der Waals surface area contributed by atoms with Gasteiger partial charge in [0.2, 0.25) is 11.7 Å². The summed E-state index contributed by atoms with van der Waals surface area (Å²) in [6.07, 6.45) is 0.667. The maximum absolute atomic E-state index is 13.5. The topological polar surface area (TPSA) is 103 Å². The molecule has 3 aliphatic heterocycles. The Bertz CT molecular complexity index is 1130. The second kappa shape index (κ2) is 8.67. The number of anilines is 2. The molecule has 3 amide bonds. The Labute approximate surface area is 191 Å². The van der Waals surface area contributed by atoms with Crippen LogP contribution in [0.2, 0.25) is 0 Å². The van der Waals surface area contributed by atoms with Crippen LogP contribution < -0.4 is 20.7 Å². The molecule has 0 aromatic heterocycles. The van der Waals surface area contributed by atoms with Gasteiger partial charge in [-0.3, -0.25) is 24.8 Å². The lowest BCUT2D eigenvalue weighted by Gasteiger charge is -2.30. The Kier molecular flexibility index (Phi) is 5.55. The summed E-state index contributed by atoms with van der Waals surface area (Å²) >= 11 is 0. The number of rotatable bonds is 4. The predicted octanol–water partition coefficient (Wildman–Crippen LogP) is 1.28. The number of benzene rings is 2. The molecule has 9 nitrogen and oxygen atoms in total. The summed E-state index contributed by atoms with van der Waals surface area (Å²) in [6, 6.07) is 15.1. The van der Waals surface area contributed by atoms with E-state index in [9.17, 15) is 14.4 Å². The van der Waals surface area contributed by atoms with Gasteiger partial charge in [-0.1, -0.05) is 35.9 Å². The van der Waals surface area contributed by atoms with Gasteiger partial charge in [0.25, 0.3) is 11.8 Å². The van der Waals surface area contributed by atoms with Crippen LogP contribution in [0.1, 0.15) is 23.5 Å². The van der Waals surface area contributed by atoms with Crippen molar-refractivity contribution in [3.05, 3.63) is 59.7 Å². The molecule has 2 atom stereocenters. The number of morpholine rings is 1. The number of aryl methyl sites for hydroxylation is 1. The van der Waals surface area contributed by atoms with E-state index in [1.165, 1.54) is 5.01 Å². The number of carbonyl (C=O) groups excluding carboxylic acids is 3. The Morgan fingerprint density at radius 2 is 1.94 bits per heavy atom. The normalized spacial score (nSPS) is 22.4. The van der Waals surface area contributed by atoms with Gasteiger partial charge in [-0.2, -0.15) is 0 Å². The van der Waals surface area contributed by atoms with Crippen LogP contribution in [0.4, 0.5) is 11.4 Å². The number of hydrogen-bond donors (Lipinski definition) is 2. The molecule has 0 aliphatic carbocycles. The number of fused-ring (bicyclic) bond motifs is 1. The standard InChI is InChI=1S/C24H25N5O4/c1-15-6-8-18(9-7-15)29-22(31)11-25-23(27-29)24(32)28-12-16(19-4-2-3-5-20(19)28)10-17-13-33-14-21(30)26-17/h2-9,16-17H,10-14H2,1H3,(H,25,27)(H,26,30). The lowest BCUT2D eigenvalue weighted by atomic mass is 9.94. The SMILES string of the molecule is Cc1ccc(N2NC(C(=O)N3CC(CC4COCC(=O)N4)c4ccccc43)=NCC2=O)cc1. The van der Waals surface area contributed by atoms with E-state index in [1.807, 2.05) is 55.5 Å². The minimum Gasteiger partial charge on any atom is -0.370 e. The molecule has 3 heterocycles. The summed E-state index contributed by atoms with van der Waals surface area (Å²) in [5.41, 5.74) is 6.51. The average molecular weight is 447 g/mol. The first-order valence-electron chi connectivity index (χ1n) is 11.0. The highest BCUT2D eigenvalue weighted by Gasteiger charge is 2.37. The maximum atomic E-state index is 13.5. The first kappa shape index (κ1) is 21.1. The lowest BCUT2D eigenvalue weighted by molar-refractivity contribution is -0.131. The number of amides is 3. The van der Waals surface area contributed by atoms with Crippen molar-refractivity contribution in [2.24, 2.45) is 4.99 Å². The van der Waals surface area contributed by atoms with Crippen molar-refractivity contribution in [3.63, 3.8) is 0 Å². The number of nitrogens with zero attached hydrogens (tertiary/aromatic N) is 3. The number of hydrogen-bond acceptors (Lipinski definition) is 6. The fourth-order valence-electron chi connectivity index (χ4n) is 4.53. The highest BCUT2D eigenvalue weighted by atomic mass is 16.5. The lowest BCUT2D eigenvalue weighted by Crippen LogP contribution is -2.56. The van der Waals surface area contributed by atoms with Crippen LogP contribution in [0.15, 0.2) is 53.5 Å². The van der Waals surface area contributed by atoms with Gasteiger partial charge in [-0.15, -0.1) is 0 Å². The summed E-state index contributed by atoms with van der Waals surface area (Å²) < 4.78 is 5.37. The Balaban J connectivity index is 1.35. The molecule has 0 bridgehead atoms. The van der Waals surface area contributed by atoms with Crippen LogP contribution in [0.5, 0.6) is 0 Å². The van der Waals surface area contributed by atoms with Gasteiger partial charge >= 0.3 is 0 Å². The molecule has 33 heavy (non-hydrogen) atoms. The van der Waals surface area contributed by atoms with E-state index in [0.29, 0.717) is 25.3 Å². The van der Waals surface area contributed by atoms with Crippen LogP contribution in [-0.4, -0.2) is 55.9 Å². The first-order chi connectivity index (χ1) is 16.0. The molecular formula is C24H25N5O4. The summed E-state index contributed by atoms with van der Waals surface area (Å²) in [5.74, 6) is -0.468. The summed E-state index contributed by atoms with van der Waals surface area (Å²) in [7, 11) is 0. The van der Waals surface area contributed by atoms with Gasteiger partial charge in [0.05, 0.1) is 18.3 Å². The second-order valence-corrected chi connectivity index (χ2v) is 8.53. The van der Waals surface area contributed by atoms with Gasteiger partial charge in [0, 0.05) is 18.2 Å². The zero-order chi connectivity index (χ0) is 22.9. The number of nitrogens with one attached hydrogen (secondary N) is 2. The highest BCUT2D eigenvalue weighted by Crippen LogP contribution is 2.39. The van der Waals surface area contributed by atoms with Crippen LogP contribution in [-0.2, 0) is 19.1 Å². The maximum Gasteiger partial charge on any atom is 0.295 e. The number of hydrazine groups is 1. The minimum atomic E-state index is -0.293. The molecule has 3 aliphatic rings. The third-order valence-corrected chi connectivity index (χ3v) is 6.14. The molecule has 5 rings (SSSR count). The summed E-state index contributed by atoms with van der Waals surface area (Å²) in [4.78, 5) is 43.6. The third-order valence-electron chi connectivity index (χ3n) is 6.14. The predicted molar refractivity (Wildman–Crippen MR) is 123 cm³/mol. The van der Waals surface area contributed by atoms with E-state index in [2.05, 4.69) is 15.7 Å². The second-order valence-electron chi connectivity index (χ2n) is 8.53. The molecule has 2 N–H and O–H groups in total. The molecular weight excluding hydrogens is 422 g/mol. The number of para-hydroxylation sites is 1. The summed E-state index contributed by atoms with van der Waals surface area (Å²) in [5, 5.41) is 4.34. The van der Waals surface area contributed by atoms with E-state index in [0.717, 1.165) is 16.8 Å². The van der Waals surface area contributed by atoms with Gasteiger partial charge in [0.15, 0.2) is 0 Å².